The summed E-state index contributed by atoms with van der Waals surface area (Å²) in [5.74, 6) is 0. The topological polar surface area (TPSA) is 0 Å². The Bertz CT molecular complexity index is 957. The number of hydrogen-bond donors (Lipinski definition) is 0. The molecule has 2 aromatic rings. The number of benzene rings is 2. The predicted octanol–water partition coefficient (Wildman–Crippen LogP) is 9.13. The van der Waals surface area contributed by atoms with E-state index in [9.17, 15) is 0 Å². The van der Waals surface area contributed by atoms with E-state index in [0.29, 0.717) is 0 Å². The molecule has 0 aliphatic carbocycles. The second-order valence-electron chi connectivity index (χ2n) is 17.5. The maximum atomic E-state index is 2.56. The van der Waals surface area contributed by atoms with Gasteiger partial charge in [0.2, 0.25) is 0 Å². The van der Waals surface area contributed by atoms with Crippen molar-refractivity contribution < 1.29 is 0 Å². The monoisotopic (exact) mass is 564 g/mol. The molecule has 0 aromatic heterocycles. The van der Waals surface area contributed by atoms with Gasteiger partial charge in [-0.05, 0) is 0 Å². The average molecular weight is 563 g/mol. The van der Waals surface area contributed by atoms with Gasteiger partial charge in [0, 0.05) is 0 Å². The Hall–Kier alpha value is -1.02. The zero-order chi connectivity index (χ0) is 29.2. The standard InChI is InChI=1S/C36H58Ge/c1-31(2,3)23-19-25(33(7,8)9)29(26(20-23)34(10,11)12)37-30-27(35(13,14)15)21-24(32(4,5)6)22-28(30)36(16,17)18/h19-22H,1-18H3. The van der Waals surface area contributed by atoms with Crippen molar-refractivity contribution >= 4 is 24.2 Å². The van der Waals surface area contributed by atoms with Crippen molar-refractivity contribution in [1.82, 2.24) is 0 Å². The van der Waals surface area contributed by atoms with Gasteiger partial charge in [0.25, 0.3) is 0 Å². The van der Waals surface area contributed by atoms with Crippen LogP contribution < -0.4 is 8.79 Å². The van der Waals surface area contributed by atoms with Crippen LogP contribution in [0.2, 0.25) is 0 Å². The van der Waals surface area contributed by atoms with Gasteiger partial charge < -0.3 is 0 Å². The summed E-state index contributed by atoms with van der Waals surface area (Å²) < 4.78 is 3.32. The third-order valence-corrected chi connectivity index (χ3v) is 10.8. The van der Waals surface area contributed by atoms with E-state index in [1.165, 1.54) is 11.1 Å². The van der Waals surface area contributed by atoms with Gasteiger partial charge in [0.05, 0.1) is 0 Å². The molecule has 2 radical (unpaired) electrons. The van der Waals surface area contributed by atoms with Crippen LogP contribution in [0.1, 0.15) is 158 Å². The Kier molecular flexibility index (Phi) is 8.59. The Morgan fingerprint density at radius 1 is 0.324 bits per heavy atom. The van der Waals surface area contributed by atoms with Crippen molar-refractivity contribution in [2.24, 2.45) is 0 Å². The molecule has 206 valence electrons. The summed E-state index contributed by atoms with van der Waals surface area (Å²) in [6.07, 6.45) is 0. The zero-order valence-electron chi connectivity index (χ0n) is 27.8. The molecular formula is C36H58Ge. The molecule has 0 aliphatic rings. The molecule has 0 aliphatic heterocycles. The summed E-state index contributed by atoms with van der Waals surface area (Å²) >= 11 is -0.612. The van der Waals surface area contributed by atoms with E-state index >= 15 is 0 Å². The molecule has 0 atom stereocenters. The van der Waals surface area contributed by atoms with Crippen molar-refractivity contribution in [3.63, 3.8) is 0 Å². The van der Waals surface area contributed by atoms with Gasteiger partial charge in [-0.25, -0.2) is 0 Å². The minimum atomic E-state index is -0.612. The fourth-order valence-electron chi connectivity index (χ4n) is 4.91. The molecule has 0 heterocycles. The van der Waals surface area contributed by atoms with E-state index in [0.717, 1.165) is 0 Å². The van der Waals surface area contributed by atoms with Crippen LogP contribution in [-0.4, -0.2) is 15.4 Å². The summed E-state index contributed by atoms with van der Waals surface area (Å²) in [7, 11) is 0. The fourth-order valence-corrected chi connectivity index (χ4v) is 10.3. The van der Waals surface area contributed by atoms with Crippen molar-refractivity contribution in [1.29, 1.82) is 0 Å². The van der Waals surface area contributed by atoms with Gasteiger partial charge >= 0.3 is 239 Å². The summed E-state index contributed by atoms with van der Waals surface area (Å²) in [5.41, 5.74) is 9.79. The molecule has 0 N–H and O–H groups in total. The van der Waals surface area contributed by atoms with E-state index in [1.807, 2.05) is 0 Å². The van der Waals surface area contributed by atoms with Crippen molar-refractivity contribution in [3.05, 3.63) is 57.6 Å². The molecule has 0 unspecified atom stereocenters. The summed E-state index contributed by atoms with van der Waals surface area (Å²) in [4.78, 5) is 0. The maximum absolute atomic E-state index is 2.56. The third kappa shape index (κ3) is 7.55. The summed E-state index contributed by atoms with van der Waals surface area (Å²) in [6, 6.07) is 10.2. The molecule has 2 aromatic carbocycles. The van der Waals surface area contributed by atoms with E-state index in [1.54, 1.807) is 31.0 Å². The SMILES string of the molecule is CC(C)(C)c1cc(C(C)(C)C)[c]([Ge][c]2c(C(C)(C)C)cc(C(C)(C)C)cc2C(C)(C)C)c(C(C)(C)C)c1. The van der Waals surface area contributed by atoms with Crippen LogP contribution in [0.25, 0.3) is 0 Å². The van der Waals surface area contributed by atoms with Crippen LogP contribution in [-0.2, 0) is 32.5 Å². The number of rotatable bonds is 2. The predicted molar refractivity (Wildman–Crippen MR) is 170 cm³/mol. The molecule has 0 amide bonds. The average Bonchev–Trinajstić information content (AvgIpc) is 2.62. The normalized spacial score (nSPS) is 14.3. The van der Waals surface area contributed by atoms with E-state index < -0.39 is 15.4 Å². The molecule has 0 spiro atoms. The zero-order valence-corrected chi connectivity index (χ0v) is 29.9. The van der Waals surface area contributed by atoms with Gasteiger partial charge in [0.1, 0.15) is 0 Å². The third-order valence-electron chi connectivity index (χ3n) is 7.49. The second-order valence-corrected chi connectivity index (χ2v) is 20.1. The van der Waals surface area contributed by atoms with Crippen LogP contribution in [0.5, 0.6) is 0 Å². The van der Waals surface area contributed by atoms with E-state index in [2.05, 4.69) is 149 Å². The Morgan fingerprint density at radius 2 is 0.514 bits per heavy atom. The van der Waals surface area contributed by atoms with Crippen LogP contribution in [0.4, 0.5) is 0 Å². The molecule has 2 rings (SSSR count). The van der Waals surface area contributed by atoms with Crippen LogP contribution in [0.3, 0.4) is 0 Å². The van der Waals surface area contributed by atoms with E-state index in [-0.39, 0.29) is 32.5 Å². The van der Waals surface area contributed by atoms with Crippen LogP contribution in [0, 0.1) is 0 Å². The van der Waals surface area contributed by atoms with Gasteiger partial charge in [-0.2, -0.15) is 0 Å². The van der Waals surface area contributed by atoms with Gasteiger partial charge in [-0.3, -0.25) is 0 Å². The quantitative estimate of drug-likeness (QED) is 0.320. The Morgan fingerprint density at radius 3 is 0.649 bits per heavy atom. The second kappa shape index (κ2) is 9.87. The summed E-state index contributed by atoms with van der Waals surface area (Å²) in [6.45, 7) is 43.1. The first-order chi connectivity index (χ1) is 16.1. The van der Waals surface area contributed by atoms with Gasteiger partial charge in [0.15, 0.2) is 0 Å². The Balaban J connectivity index is 3.12. The molecule has 0 bridgehead atoms. The molecule has 0 nitrogen and oxygen atoms in total. The van der Waals surface area contributed by atoms with Crippen LogP contribution in [0.15, 0.2) is 24.3 Å². The Labute approximate surface area is 238 Å². The van der Waals surface area contributed by atoms with Crippen molar-refractivity contribution in [2.75, 3.05) is 0 Å². The number of hydrogen-bond acceptors (Lipinski definition) is 0. The van der Waals surface area contributed by atoms with Crippen molar-refractivity contribution in [3.8, 4) is 0 Å². The molecule has 37 heavy (non-hydrogen) atoms. The van der Waals surface area contributed by atoms with E-state index in [4.69, 9.17) is 0 Å². The fraction of sp³-hybridized carbons (Fsp3) is 0.667. The molecule has 0 saturated carbocycles. The first-order valence-corrected chi connectivity index (χ1v) is 16.4. The van der Waals surface area contributed by atoms with Gasteiger partial charge in [-0.1, -0.05) is 0 Å². The first kappa shape index (κ1) is 32.2. The van der Waals surface area contributed by atoms with Crippen LogP contribution >= 0.6 is 0 Å². The van der Waals surface area contributed by atoms with Gasteiger partial charge in [-0.15, -0.1) is 0 Å². The minimum absolute atomic E-state index is 0.0925. The molecule has 0 fully saturated rings. The summed E-state index contributed by atoms with van der Waals surface area (Å²) in [5, 5.41) is 0. The molecule has 0 saturated heterocycles. The molecule has 1 heteroatoms. The first-order valence-electron chi connectivity index (χ1n) is 14.3. The van der Waals surface area contributed by atoms with Crippen molar-refractivity contribution in [2.45, 2.75) is 157 Å². The molecular weight excluding hydrogens is 505 g/mol.